The molecule has 3 aromatic rings. The third kappa shape index (κ3) is 5.89. The predicted octanol–water partition coefficient (Wildman–Crippen LogP) is 3.71. The van der Waals surface area contributed by atoms with Gasteiger partial charge in [0.2, 0.25) is 0 Å². The van der Waals surface area contributed by atoms with Gasteiger partial charge in [0.1, 0.15) is 22.3 Å². The summed E-state index contributed by atoms with van der Waals surface area (Å²) < 4.78 is 89.7. The molecule has 0 atom stereocenters. The molecule has 3 aromatic carbocycles. The summed E-state index contributed by atoms with van der Waals surface area (Å²) >= 11 is 0. The number of nitriles is 2. The van der Waals surface area contributed by atoms with E-state index in [1.54, 1.807) is 0 Å². The maximum Gasteiger partial charge on any atom is 0.265 e. The van der Waals surface area contributed by atoms with Crippen LogP contribution in [0.5, 0.6) is 5.75 Å². The molecular weight excluding hydrogens is 514 g/mol. The Bertz CT molecular complexity index is 1610. The maximum absolute atomic E-state index is 14.4. The molecule has 3 rings (SSSR count). The van der Waals surface area contributed by atoms with Crippen LogP contribution in [0.2, 0.25) is 0 Å². The fraction of sp³-hybridized carbons (Fsp3) is 0.130. The van der Waals surface area contributed by atoms with Crippen LogP contribution >= 0.6 is 0 Å². The molecule has 0 amide bonds. The molecule has 0 saturated heterocycles. The quantitative estimate of drug-likeness (QED) is 0.427. The van der Waals surface area contributed by atoms with Crippen LogP contribution in [0.4, 0.5) is 20.2 Å². The number of methoxy groups -OCH3 is 1. The van der Waals surface area contributed by atoms with Crippen molar-refractivity contribution in [1.82, 2.24) is 0 Å². The van der Waals surface area contributed by atoms with Crippen molar-refractivity contribution in [2.75, 3.05) is 16.6 Å². The zero-order valence-corrected chi connectivity index (χ0v) is 20.3. The molecule has 0 aliphatic rings. The van der Waals surface area contributed by atoms with Gasteiger partial charge in [-0.2, -0.15) is 10.5 Å². The first kappa shape index (κ1) is 26.4. The average Bonchev–Trinajstić information content (AvgIpc) is 2.82. The number of halogens is 2. The molecule has 0 aromatic heterocycles. The summed E-state index contributed by atoms with van der Waals surface area (Å²) in [6.07, 6.45) is -0.148. The smallest absolute Gasteiger partial charge is 0.265 e. The summed E-state index contributed by atoms with van der Waals surface area (Å²) in [5.74, 6) is -2.09. The zero-order valence-electron chi connectivity index (χ0n) is 18.6. The molecule has 0 fully saturated rings. The van der Waals surface area contributed by atoms with E-state index in [0.29, 0.717) is 11.1 Å². The Kier molecular flexibility index (Phi) is 7.77. The highest BCUT2D eigenvalue weighted by Gasteiger charge is 2.26. The highest BCUT2D eigenvalue weighted by molar-refractivity contribution is 7.93. The van der Waals surface area contributed by atoms with Gasteiger partial charge in [0, 0.05) is 0 Å². The number of benzene rings is 3. The lowest BCUT2D eigenvalue weighted by molar-refractivity contribution is 0.402. The lowest BCUT2D eigenvalue weighted by atomic mass is 10.1. The minimum absolute atomic E-state index is 0.0711. The van der Waals surface area contributed by atoms with Crippen molar-refractivity contribution >= 4 is 31.4 Å². The number of anilines is 2. The lowest BCUT2D eigenvalue weighted by Gasteiger charge is -2.15. The van der Waals surface area contributed by atoms with Gasteiger partial charge in [-0.05, 0) is 53.6 Å². The van der Waals surface area contributed by atoms with Crippen LogP contribution in [-0.2, 0) is 32.9 Å². The van der Waals surface area contributed by atoms with Crippen molar-refractivity contribution in [1.29, 1.82) is 10.5 Å². The van der Waals surface area contributed by atoms with Gasteiger partial charge in [-0.25, -0.2) is 25.6 Å². The Hall–Kier alpha value is -4.20. The second-order valence-corrected chi connectivity index (χ2v) is 10.7. The number of hydrogen-bond acceptors (Lipinski definition) is 7. The summed E-state index contributed by atoms with van der Waals surface area (Å²) in [5, 5.41) is 17.4. The minimum Gasteiger partial charge on any atom is -0.495 e. The van der Waals surface area contributed by atoms with E-state index in [0.717, 1.165) is 49.6 Å². The van der Waals surface area contributed by atoms with E-state index in [4.69, 9.17) is 15.3 Å². The van der Waals surface area contributed by atoms with Crippen molar-refractivity contribution in [3.05, 3.63) is 77.4 Å². The van der Waals surface area contributed by atoms with E-state index >= 15 is 0 Å². The Labute approximate surface area is 206 Å². The Morgan fingerprint density at radius 2 is 1.28 bits per heavy atom. The lowest BCUT2D eigenvalue weighted by Crippen LogP contribution is -2.18. The number of nitrogens with one attached hydrogen (secondary N) is 2. The summed E-state index contributed by atoms with van der Waals surface area (Å²) in [7, 11) is -7.86. The van der Waals surface area contributed by atoms with Crippen LogP contribution in [0, 0.1) is 34.3 Å². The van der Waals surface area contributed by atoms with Crippen LogP contribution in [0.25, 0.3) is 0 Å². The monoisotopic (exact) mass is 532 g/mol. The molecule has 0 radical (unpaired) electrons. The Balaban J connectivity index is 1.97. The molecule has 0 spiro atoms. The van der Waals surface area contributed by atoms with Crippen molar-refractivity contribution in [2.24, 2.45) is 0 Å². The fourth-order valence-electron chi connectivity index (χ4n) is 3.12. The number of hydrogen-bond donors (Lipinski definition) is 2. The van der Waals surface area contributed by atoms with Gasteiger partial charge >= 0.3 is 0 Å². The van der Waals surface area contributed by atoms with Gasteiger partial charge in [0.05, 0.1) is 48.4 Å². The highest BCUT2D eigenvalue weighted by atomic mass is 32.2. The predicted molar refractivity (Wildman–Crippen MR) is 126 cm³/mol. The summed E-state index contributed by atoms with van der Waals surface area (Å²) in [4.78, 5) is -1.15. The van der Waals surface area contributed by atoms with E-state index in [1.165, 1.54) is 12.1 Å². The average molecular weight is 533 g/mol. The summed E-state index contributed by atoms with van der Waals surface area (Å²) in [6.45, 7) is 0. The van der Waals surface area contributed by atoms with Crippen LogP contribution in [-0.4, -0.2) is 23.9 Å². The molecule has 0 heterocycles. The van der Waals surface area contributed by atoms with Crippen LogP contribution < -0.4 is 14.2 Å². The van der Waals surface area contributed by atoms with E-state index in [2.05, 4.69) is 0 Å². The largest absolute Gasteiger partial charge is 0.495 e. The Morgan fingerprint density at radius 1 is 0.778 bits per heavy atom. The molecule has 0 aliphatic carbocycles. The molecule has 9 nitrogen and oxygen atoms in total. The fourth-order valence-corrected chi connectivity index (χ4v) is 5.55. The molecule has 0 bridgehead atoms. The van der Waals surface area contributed by atoms with Gasteiger partial charge in [0.15, 0.2) is 0 Å². The van der Waals surface area contributed by atoms with Crippen molar-refractivity contribution in [2.45, 2.75) is 22.6 Å². The third-order valence-corrected chi connectivity index (χ3v) is 7.61. The standard InChI is InChI=1S/C23H18F2N4O5S2/c1-34-22-7-4-17(35(30,31)28-20-5-2-15(8-10-26)12-18(20)24)14-23(22)36(32,33)29-21-6-3-16(9-11-27)13-19(21)25/h2-7,12-14,28-29H,8-9H2,1H3. The van der Waals surface area contributed by atoms with Gasteiger partial charge in [-0.1, -0.05) is 12.1 Å². The summed E-state index contributed by atoms with van der Waals surface area (Å²) in [5.41, 5.74) is -0.156. The van der Waals surface area contributed by atoms with E-state index in [-0.39, 0.29) is 18.6 Å². The maximum atomic E-state index is 14.4. The van der Waals surface area contributed by atoms with E-state index in [1.807, 2.05) is 21.6 Å². The highest BCUT2D eigenvalue weighted by Crippen LogP contribution is 2.30. The molecule has 0 unspecified atom stereocenters. The van der Waals surface area contributed by atoms with Gasteiger partial charge in [-0.15, -0.1) is 0 Å². The molecular formula is C23H18F2N4O5S2. The van der Waals surface area contributed by atoms with E-state index in [9.17, 15) is 25.6 Å². The van der Waals surface area contributed by atoms with Gasteiger partial charge in [-0.3, -0.25) is 9.44 Å². The molecule has 13 heteroatoms. The van der Waals surface area contributed by atoms with Crippen molar-refractivity contribution in [3.8, 4) is 17.9 Å². The van der Waals surface area contributed by atoms with Crippen LogP contribution in [0.3, 0.4) is 0 Å². The second-order valence-electron chi connectivity index (χ2n) is 7.32. The van der Waals surface area contributed by atoms with Crippen LogP contribution in [0.15, 0.2) is 64.4 Å². The van der Waals surface area contributed by atoms with Crippen molar-refractivity contribution < 1.29 is 30.4 Å². The SMILES string of the molecule is COc1ccc(S(=O)(=O)Nc2ccc(CC#N)cc2F)cc1S(=O)(=O)Nc1ccc(CC#N)cc1F. The van der Waals surface area contributed by atoms with Crippen LogP contribution in [0.1, 0.15) is 11.1 Å². The number of sulfonamides is 2. The molecule has 0 aliphatic heterocycles. The molecule has 186 valence electrons. The first-order chi connectivity index (χ1) is 17.0. The van der Waals surface area contributed by atoms with Crippen molar-refractivity contribution in [3.63, 3.8) is 0 Å². The van der Waals surface area contributed by atoms with Gasteiger partial charge in [0.25, 0.3) is 20.0 Å². The number of ether oxygens (including phenoxy) is 1. The molecule has 2 N–H and O–H groups in total. The number of rotatable bonds is 9. The summed E-state index contributed by atoms with van der Waals surface area (Å²) in [6, 6.07) is 13.6. The number of nitrogens with zero attached hydrogens (tertiary/aromatic N) is 2. The Morgan fingerprint density at radius 3 is 1.72 bits per heavy atom. The zero-order chi connectivity index (χ0) is 26.5. The minimum atomic E-state index is -4.56. The second kappa shape index (κ2) is 10.6. The normalized spacial score (nSPS) is 11.2. The topological polar surface area (TPSA) is 149 Å². The third-order valence-electron chi connectivity index (χ3n) is 4.86. The first-order valence-electron chi connectivity index (χ1n) is 10.0. The van der Waals surface area contributed by atoms with E-state index < -0.39 is 52.8 Å². The molecule has 36 heavy (non-hydrogen) atoms. The van der Waals surface area contributed by atoms with Gasteiger partial charge < -0.3 is 4.74 Å². The molecule has 0 saturated carbocycles. The first-order valence-corrected chi connectivity index (χ1v) is 13.0.